The van der Waals surface area contributed by atoms with Crippen molar-refractivity contribution in [2.24, 2.45) is 5.41 Å². The molecule has 1 aromatic carbocycles. The monoisotopic (exact) mass is 292 g/mol. The molecule has 0 unspecified atom stereocenters. The van der Waals surface area contributed by atoms with Crippen molar-refractivity contribution in [1.29, 1.82) is 0 Å². The van der Waals surface area contributed by atoms with E-state index < -0.39 is 8.32 Å². The molecule has 20 heavy (non-hydrogen) atoms. The van der Waals surface area contributed by atoms with Gasteiger partial charge in [0.2, 0.25) is 0 Å². The lowest BCUT2D eigenvalue weighted by Gasteiger charge is -2.62. The lowest BCUT2D eigenvalue weighted by Crippen LogP contribution is -2.69. The van der Waals surface area contributed by atoms with Crippen LogP contribution in [0.4, 0.5) is 0 Å². The first kappa shape index (κ1) is 15.7. The topological polar surface area (TPSA) is 18.5 Å². The summed E-state index contributed by atoms with van der Waals surface area (Å²) in [4.78, 5) is 0. The van der Waals surface area contributed by atoms with Crippen molar-refractivity contribution in [2.45, 2.75) is 65.1 Å². The molecule has 0 radical (unpaired) electrons. The molecule has 0 spiro atoms. The molecule has 0 bridgehead atoms. The highest BCUT2D eigenvalue weighted by Crippen LogP contribution is 2.57. The SMILES string of the molecule is C[C@@H]1O[C@H](c2ccccc2)[C@@]1(O[Si](C)(C)C)C(C)(C)C. The average molecular weight is 292 g/mol. The second-order valence-electron chi connectivity index (χ2n) is 7.83. The van der Waals surface area contributed by atoms with Crippen LogP contribution in [0.1, 0.15) is 39.4 Å². The second-order valence-corrected chi connectivity index (χ2v) is 12.3. The standard InChI is InChI=1S/C17H28O2Si/c1-13-17(16(2,3)4,19-20(5,6)7)15(18-13)14-11-9-8-10-12-14/h8-13,15H,1-7H3/t13-,15+,17+/m0/s1. The molecule has 1 saturated heterocycles. The molecule has 2 rings (SSSR count). The average Bonchev–Trinajstić information content (AvgIpc) is 2.31. The minimum absolute atomic E-state index is 0.0328. The Bertz CT molecular complexity index is 458. The second kappa shape index (κ2) is 4.97. The summed E-state index contributed by atoms with van der Waals surface area (Å²) < 4.78 is 12.8. The predicted molar refractivity (Wildman–Crippen MR) is 86.3 cm³/mol. The van der Waals surface area contributed by atoms with E-state index in [0.29, 0.717) is 0 Å². The molecule has 1 aromatic rings. The van der Waals surface area contributed by atoms with Crippen LogP contribution in [-0.4, -0.2) is 20.0 Å². The van der Waals surface area contributed by atoms with E-state index >= 15 is 0 Å². The Balaban J connectivity index is 2.44. The number of hydrogen-bond acceptors (Lipinski definition) is 2. The number of ether oxygens (including phenoxy) is 1. The van der Waals surface area contributed by atoms with Crippen molar-refractivity contribution >= 4 is 8.32 Å². The molecule has 3 atom stereocenters. The van der Waals surface area contributed by atoms with Crippen molar-refractivity contribution in [3.05, 3.63) is 35.9 Å². The van der Waals surface area contributed by atoms with Crippen LogP contribution in [0.5, 0.6) is 0 Å². The minimum Gasteiger partial charge on any atom is -0.406 e. The molecule has 3 heteroatoms. The Hall–Kier alpha value is -0.643. The molecule has 0 aromatic heterocycles. The molecular formula is C17H28O2Si. The molecule has 2 nitrogen and oxygen atoms in total. The Labute approximate surface area is 124 Å². The van der Waals surface area contributed by atoms with Crippen LogP contribution in [0.2, 0.25) is 19.6 Å². The summed E-state index contributed by atoms with van der Waals surface area (Å²) in [5, 5.41) is 0. The van der Waals surface area contributed by atoms with Gasteiger partial charge in [-0.25, -0.2) is 0 Å². The van der Waals surface area contributed by atoms with E-state index in [-0.39, 0.29) is 23.2 Å². The summed E-state index contributed by atoms with van der Waals surface area (Å²) >= 11 is 0. The van der Waals surface area contributed by atoms with Gasteiger partial charge in [0.15, 0.2) is 8.32 Å². The maximum atomic E-state index is 6.72. The van der Waals surface area contributed by atoms with Crippen molar-refractivity contribution in [2.75, 3.05) is 0 Å². The van der Waals surface area contributed by atoms with Gasteiger partial charge in [-0.3, -0.25) is 0 Å². The molecular weight excluding hydrogens is 264 g/mol. The van der Waals surface area contributed by atoms with E-state index in [1.165, 1.54) is 5.56 Å². The molecule has 1 fully saturated rings. The molecule has 112 valence electrons. The van der Waals surface area contributed by atoms with Gasteiger partial charge in [0, 0.05) is 0 Å². The molecule has 0 amide bonds. The third-order valence-corrected chi connectivity index (χ3v) is 5.03. The van der Waals surface area contributed by atoms with Gasteiger partial charge in [0.05, 0.1) is 6.10 Å². The van der Waals surface area contributed by atoms with Gasteiger partial charge in [-0.05, 0) is 37.5 Å². The quantitative estimate of drug-likeness (QED) is 0.746. The van der Waals surface area contributed by atoms with Gasteiger partial charge in [0.1, 0.15) is 11.7 Å². The van der Waals surface area contributed by atoms with Crippen molar-refractivity contribution in [3.63, 3.8) is 0 Å². The highest BCUT2D eigenvalue weighted by atomic mass is 28.4. The Kier molecular flexibility index (Phi) is 3.91. The van der Waals surface area contributed by atoms with Gasteiger partial charge in [-0.2, -0.15) is 0 Å². The smallest absolute Gasteiger partial charge is 0.184 e. The molecule has 0 aliphatic carbocycles. The first-order chi connectivity index (χ1) is 9.08. The molecule has 1 heterocycles. The van der Waals surface area contributed by atoms with Gasteiger partial charge in [-0.15, -0.1) is 0 Å². The predicted octanol–water partition coefficient (Wildman–Crippen LogP) is 4.78. The fourth-order valence-corrected chi connectivity index (χ4v) is 4.89. The van der Waals surface area contributed by atoms with Crippen LogP contribution >= 0.6 is 0 Å². The fourth-order valence-electron chi connectivity index (χ4n) is 3.30. The summed E-state index contributed by atoms with van der Waals surface area (Å²) in [6.07, 6.45) is 0.157. The summed E-state index contributed by atoms with van der Waals surface area (Å²) in [5.41, 5.74) is 1.02. The number of rotatable bonds is 3. The lowest BCUT2D eigenvalue weighted by atomic mass is 9.65. The van der Waals surface area contributed by atoms with Gasteiger partial charge in [-0.1, -0.05) is 51.1 Å². The minimum atomic E-state index is -1.67. The van der Waals surface area contributed by atoms with Crippen LogP contribution in [0.3, 0.4) is 0 Å². The van der Waals surface area contributed by atoms with Crippen LogP contribution in [0.15, 0.2) is 30.3 Å². The molecule has 0 saturated carbocycles. The van der Waals surface area contributed by atoms with E-state index in [2.05, 4.69) is 71.6 Å². The van der Waals surface area contributed by atoms with E-state index in [1.54, 1.807) is 0 Å². The molecule has 1 aliphatic rings. The van der Waals surface area contributed by atoms with Crippen LogP contribution < -0.4 is 0 Å². The summed E-state index contributed by atoms with van der Waals surface area (Å²) in [6, 6.07) is 10.5. The number of benzene rings is 1. The maximum absolute atomic E-state index is 6.72. The highest BCUT2D eigenvalue weighted by molar-refractivity contribution is 6.69. The fraction of sp³-hybridized carbons (Fsp3) is 0.647. The summed E-state index contributed by atoms with van der Waals surface area (Å²) in [6.45, 7) is 15.7. The first-order valence-corrected chi connectivity index (χ1v) is 10.9. The zero-order chi connectivity index (χ0) is 15.2. The summed E-state index contributed by atoms with van der Waals surface area (Å²) in [5.74, 6) is 0. The van der Waals surface area contributed by atoms with Crippen LogP contribution in [-0.2, 0) is 9.16 Å². The van der Waals surface area contributed by atoms with Crippen molar-refractivity contribution < 1.29 is 9.16 Å². The Morgan fingerprint density at radius 3 is 2.05 bits per heavy atom. The molecule has 0 N–H and O–H groups in total. The van der Waals surface area contributed by atoms with E-state index in [9.17, 15) is 0 Å². The highest BCUT2D eigenvalue weighted by Gasteiger charge is 2.63. The van der Waals surface area contributed by atoms with Crippen molar-refractivity contribution in [3.8, 4) is 0 Å². The van der Waals surface area contributed by atoms with Crippen molar-refractivity contribution in [1.82, 2.24) is 0 Å². The van der Waals surface area contributed by atoms with Gasteiger partial charge < -0.3 is 9.16 Å². The normalized spacial score (nSPS) is 30.9. The number of hydrogen-bond donors (Lipinski definition) is 0. The third-order valence-electron chi connectivity index (χ3n) is 4.08. The zero-order valence-corrected chi connectivity index (χ0v) is 14.9. The first-order valence-electron chi connectivity index (χ1n) is 7.48. The van der Waals surface area contributed by atoms with E-state index in [4.69, 9.17) is 9.16 Å². The molecule has 1 aliphatic heterocycles. The Morgan fingerprint density at radius 2 is 1.65 bits per heavy atom. The van der Waals surface area contributed by atoms with Gasteiger partial charge >= 0.3 is 0 Å². The lowest BCUT2D eigenvalue weighted by molar-refractivity contribution is -0.317. The van der Waals surface area contributed by atoms with Crippen LogP contribution in [0.25, 0.3) is 0 Å². The summed E-state index contributed by atoms with van der Waals surface area (Å²) in [7, 11) is -1.67. The largest absolute Gasteiger partial charge is 0.406 e. The maximum Gasteiger partial charge on any atom is 0.184 e. The third kappa shape index (κ3) is 2.59. The van der Waals surface area contributed by atoms with E-state index in [1.807, 2.05) is 6.07 Å². The zero-order valence-electron chi connectivity index (χ0n) is 13.9. The van der Waals surface area contributed by atoms with E-state index in [0.717, 1.165) is 0 Å². The van der Waals surface area contributed by atoms with Crippen LogP contribution in [0, 0.1) is 5.41 Å². The van der Waals surface area contributed by atoms with Gasteiger partial charge in [0.25, 0.3) is 0 Å². The Morgan fingerprint density at radius 1 is 1.10 bits per heavy atom.